The molecule has 0 bridgehead atoms. The first-order chi connectivity index (χ1) is 5.35. The normalized spacial score (nSPS) is 25.0. The van der Waals surface area contributed by atoms with Crippen LogP contribution in [0.5, 0.6) is 0 Å². The molecule has 2 aliphatic rings. The van der Waals surface area contributed by atoms with E-state index >= 15 is 0 Å². The van der Waals surface area contributed by atoms with Crippen molar-refractivity contribution < 1.29 is 0 Å². The van der Waals surface area contributed by atoms with E-state index in [1.165, 1.54) is 26.1 Å². The molecule has 0 aromatic carbocycles. The number of rotatable bonds is 1. The number of allylic oxidation sites excluding steroid dienone is 1. The summed E-state index contributed by atoms with van der Waals surface area (Å²) in [7, 11) is 0. The molecule has 0 N–H and O–H groups in total. The fraction of sp³-hybridized carbons (Fsp3) is 0.800. The van der Waals surface area contributed by atoms with Crippen LogP contribution in [-0.4, -0.2) is 24.5 Å². The van der Waals surface area contributed by atoms with Crippen LogP contribution in [0, 0.1) is 5.41 Å². The van der Waals surface area contributed by atoms with Crippen LogP contribution in [0.2, 0.25) is 0 Å². The van der Waals surface area contributed by atoms with Crippen molar-refractivity contribution in [2.45, 2.75) is 27.2 Å². The maximum atomic E-state index is 2.49. The molecule has 1 nitrogen and oxygen atoms in total. The largest absolute Gasteiger partial charge is 0.302 e. The van der Waals surface area contributed by atoms with Crippen molar-refractivity contribution in [3.05, 3.63) is 12.2 Å². The highest BCUT2D eigenvalue weighted by atomic mass is 15.2. The van der Waals surface area contributed by atoms with Crippen LogP contribution in [0.1, 0.15) is 27.2 Å². The van der Waals surface area contributed by atoms with Crippen LogP contribution in [0.4, 0.5) is 0 Å². The highest BCUT2D eigenvalue weighted by molar-refractivity contribution is 5.19. The Labute approximate surface area is 70.1 Å². The van der Waals surface area contributed by atoms with Gasteiger partial charge in [-0.25, -0.2) is 0 Å². The molecule has 0 atom stereocenters. The van der Waals surface area contributed by atoms with Gasteiger partial charge in [0.1, 0.15) is 0 Å². The van der Waals surface area contributed by atoms with Crippen LogP contribution >= 0.6 is 0 Å². The molecule has 1 aliphatic carbocycles. The summed E-state index contributed by atoms with van der Waals surface area (Å²) in [5, 5.41) is 0. The Morgan fingerprint density at radius 3 is 2.18 bits per heavy atom. The number of nitrogens with zero attached hydrogens (tertiary/aromatic N) is 1. The van der Waals surface area contributed by atoms with Gasteiger partial charge in [0.15, 0.2) is 0 Å². The minimum absolute atomic E-state index is 0.663. The van der Waals surface area contributed by atoms with Gasteiger partial charge in [0, 0.05) is 18.5 Å². The first kappa shape index (κ1) is 8.79. The van der Waals surface area contributed by atoms with Gasteiger partial charge >= 0.3 is 0 Å². The molecule has 0 saturated carbocycles. The zero-order valence-electron chi connectivity index (χ0n) is 7.93. The maximum Gasteiger partial charge on any atom is 0.0171 e. The van der Waals surface area contributed by atoms with E-state index in [0.717, 1.165) is 0 Å². The van der Waals surface area contributed by atoms with Crippen molar-refractivity contribution in [2.75, 3.05) is 19.6 Å². The number of likely N-dealkylation sites (tertiary alicyclic amines) is 1. The maximum absolute atomic E-state index is 2.49. The van der Waals surface area contributed by atoms with Crippen molar-refractivity contribution in [1.82, 2.24) is 4.90 Å². The predicted molar refractivity (Wildman–Crippen MR) is 49.7 cm³/mol. The van der Waals surface area contributed by atoms with Crippen molar-refractivity contribution in [3.8, 4) is 0 Å². The Hall–Kier alpha value is -0.300. The zero-order valence-corrected chi connectivity index (χ0v) is 7.93. The molecule has 1 spiro atoms. The van der Waals surface area contributed by atoms with Gasteiger partial charge in [-0.1, -0.05) is 32.9 Å². The molecule has 2 rings (SSSR count). The molecule has 1 aliphatic heterocycles. The van der Waals surface area contributed by atoms with Gasteiger partial charge in [-0.05, 0) is 13.0 Å². The monoisotopic (exact) mass is 153 g/mol. The third-order valence-corrected chi connectivity index (χ3v) is 2.52. The predicted octanol–water partition coefficient (Wildman–Crippen LogP) is 2.29. The highest BCUT2D eigenvalue weighted by Gasteiger charge is 2.42. The fourth-order valence-corrected chi connectivity index (χ4v) is 1.75. The lowest BCUT2D eigenvalue weighted by Gasteiger charge is -2.51. The summed E-state index contributed by atoms with van der Waals surface area (Å²) in [6.45, 7) is 10.1. The molecular formula is C10H19N. The minimum atomic E-state index is 0.663. The third-order valence-electron chi connectivity index (χ3n) is 2.52. The van der Waals surface area contributed by atoms with Gasteiger partial charge in [-0.2, -0.15) is 0 Å². The van der Waals surface area contributed by atoms with E-state index in [4.69, 9.17) is 0 Å². The summed E-state index contributed by atoms with van der Waals surface area (Å²) in [6, 6.07) is 0. The Morgan fingerprint density at radius 1 is 1.36 bits per heavy atom. The third kappa shape index (κ3) is 1.48. The van der Waals surface area contributed by atoms with Gasteiger partial charge in [0.25, 0.3) is 0 Å². The van der Waals surface area contributed by atoms with E-state index in [1.54, 1.807) is 0 Å². The van der Waals surface area contributed by atoms with Gasteiger partial charge in [0.2, 0.25) is 0 Å². The summed E-state index contributed by atoms with van der Waals surface area (Å²) in [4.78, 5) is 2.49. The molecule has 0 aromatic rings. The average molecular weight is 153 g/mol. The molecule has 0 amide bonds. The lowest BCUT2D eigenvalue weighted by Crippen LogP contribution is -2.56. The highest BCUT2D eigenvalue weighted by Crippen LogP contribution is 2.41. The van der Waals surface area contributed by atoms with Crippen LogP contribution in [0.25, 0.3) is 0 Å². The molecule has 64 valence electrons. The Kier molecular flexibility index (Phi) is 2.72. The van der Waals surface area contributed by atoms with E-state index < -0.39 is 0 Å². The summed E-state index contributed by atoms with van der Waals surface area (Å²) >= 11 is 0. The van der Waals surface area contributed by atoms with Crippen LogP contribution in [0.15, 0.2) is 12.2 Å². The van der Waals surface area contributed by atoms with Gasteiger partial charge in [-0.3, -0.25) is 0 Å². The van der Waals surface area contributed by atoms with Crippen molar-refractivity contribution in [3.63, 3.8) is 0 Å². The lowest BCUT2D eigenvalue weighted by atomic mass is 9.70. The van der Waals surface area contributed by atoms with Gasteiger partial charge < -0.3 is 4.90 Å². The summed E-state index contributed by atoms with van der Waals surface area (Å²) in [6.07, 6.45) is 6.00. The van der Waals surface area contributed by atoms with Crippen molar-refractivity contribution in [1.29, 1.82) is 0 Å². The van der Waals surface area contributed by atoms with E-state index in [2.05, 4.69) is 24.0 Å². The average Bonchev–Trinajstić information content (AvgIpc) is 1.87. The summed E-state index contributed by atoms with van der Waals surface area (Å²) in [5.41, 5.74) is 0.663. The molecule has 1 saturated heterocycles. The van der Waals surface area contributed by atoms with Crippen molar-refractivity contribution in [2.24, 2.45) is 5.41 Å². The van der Waals surface area contributed by atoms with Gasteiger partial charge in [0.05, 0.1) is 0 Å². The Bertz CT molecular complexity index is 143. The van der Waals surface area contributed by atoms with E-state index in [9.17, 15) is 0 Å². The SMILES string of the molecule is CC.CCN1CC2(C=CC2)C1. The topological polar surface area (TPSA) is 3.24 Å². The molecule has 11 heavy (non-hydrogen) atoms. The Balaban J connectivity index is 0.000000281. The minimum Gasteiger partial charge on any atom is -0.302 e. The first-order valence-electron chi connectivity index (χ1n) is 4.75. The van der Waals surface area contributed by atoms with Crippen LogP contribution in [-0.2, 0) is 0 Å². The molecule has 0 aromatic heterocycles. The standard InChI is InChI=1S/C8H13N.C2H6/c1-2-9-6-8(7-9)4-3-5-8;1-2/h3-4H,2,5-7H2,1H3;1-2H3. The van der Waals surface area contributed by atoms with E-state index in [-0.39, 0.29) is 0 Å². The Morgan fingerprint density at radius 2 is 1.91 bits per heavy atom. The number of hydrogen-bond acceptors (Lipinski definition) is 1. The lowest BCUT2D eigenvalue weighted by molar-refractivity contribution is 0.0344. The second-order valence-corrected chi connectivity index (χ2v) is 3.27. The fourth-order valence-electron chi connectivity index (χ4n) is 1.75. The number of hydrogen-bond donors (Lipinski definition) is 0. The molecule has 1 heterocycles. The molecule has 1 heteroatoms. The molecule has 0 radical (unpaired) electrons. The quantitative estimate of drug-likeness (QED) is 0.522. The molecule has 1 fully saturated rings. The zero-order chi connectivity index (χ0) is 8.32. The second-order valence-electron chi connectivity index (χ2n) is 3.27. The first-order valence-corrected chi connectivity index (χ1v) is 4.75. The van der Waals surface area contributed by atoms with Crippen LogP contribution in [0.3, 0.4) is 0 Å². The van der Waals surface area contributed by atoms with Crippen molar-refractivity contribution >= 4 is 0 Å². The smallest absolute Gasteiger partial charge is 0.0171 e. The van der Waals surface area contributed by atoms with E-state index in [1.807, 2.05) is 13.8 Å². The van der Waals surface area contributed by atoms with E-state index in [0.29, 0.717) is 5.41 Å². The summed E-state index contributed by atoms with van der Waals surface area (Å²) < 4.78 is 0. The van der Waals surface area contributed by atoms with Crippen LogP contribution < -0.4 is 0 Å². The second kappa shape index (κ2) is 3.40. The molecular weight excluding hydrogens is 134 g/mol. The summed E-state index contributed by atoms with van der Waals surface area (Å²) in [5.74, 6) is 0. The molecule has 0 unspecified atom stereocenters. The van der Waals surface area contributed by atoms with Gasteiger partial charge in [-0.15, -0.1) is 0 Å².